The Morgan fingerprint density at radius 1 is 1.32 bits per heavy atom. The molecule has 22 heavy (non-hydrogen) atoms. The molecule has 0 aromatic heterocycles. The summed E-state index contributed by atoms with van der Waals surface area (Å²) in [7, 11) is 1.58. The zero-order valence-electron chi connectivity index (χ0n) is 12.4. The van der Waals surface area contributed by atoms with Gasteiger partial charge in [0, 0.05) is 12.8 Å². The number of hydrogen-bond donors (Lipinski definition) is 2. The number of hydrogen-bond acceptors (Lipinski definition) is 4. The van der Waals surface area contributed by atoms with Crippen molar-refractivity contribution in [2.24, 2.45) is 5.41 Å². The molecule has 0 saturated carbocycles. The Balaban J connectivity index is 2.03. The summed E-state index contributed by atoms with van der Waals surface area (Å²) in [6, 6.07) is 5.87. The van der Waals surface area contributed by atoms with Gasteiger partial charge >= 0.3 is 6.61 Å². The average molecular weight is 314 g/mol. The fourth-order valence-corrected chi connectivity index (χ4v) is 2.60. The van der Waals surface area contributed by atoms with Crippen LogP contribution in [0, 0.1) is 5.41 Å². The lowest BCUT2D eigenvalue weighted by Crippen LogP contribution is -2.47. The third kappa shape index (κ3) is 4.14. The number of carbonyl (C=O) groups excluding carboxylic acids is 1. The third-order valence-corrected chi connectivity index (χ3v) is 3.80. The topological polar surface area (TPSA) is 59.6 Å². The molecular weight excluding hydrogens is 294 g/mol. The largest absolute Gasteiger partial charge is 0.435 e. The van der Waals surface area contributed by atoms with Crippen molar-refractivity contribution in [2.75, 3.05) is 32.1 Å². The molecule has 1 aromatic carbocycles. The first-order chi connectivity index (χ1) is 10.6. The van der Waals surface area contributed by atoms with Crippen molar-refractivity contribution in [1.82, 2.24) is 5.32 Å². The van der Waals surface area contributed by atoms with Crippen LogP contribution in [-0.2, 0) is 9.53 Å². The van der Waals surface area contributed by atoms with Crippen molar-refractivity contribution in [3.05, 3.63) is 24.3 Å². The van der Waals surface area contributed by atoms with E-state index in [1.54, 1.807) is 7.11 Å². The van der Waals surface area contributed by atoms with Crippen molar-refractivity contribution in [3.63, 3.8) is 0 Å². The fraction of sp³-hybridized carbons (Fsp3) is 0.533. The van der Waals surface area contributed by atoms with E-state index >= 15 is 0 Å². The normalized spacial score (nSPS) is 17.3. The molecule has 0 bridgehead atoms. The molecule has 2 N–H and O–H groups in total. The SMILES string of the molecule is COCC1(C(=O)Nc2ccc(OC(F)F)cc2)CCNCC1. The standard InChI is InChI=1S/C15H20F2N2O3/c1-21-10-15(6-8-18-9-7-15)13(20)19-11-2-4-12(5-3-11)22-14(16)17/h2-5,14,18H,6-10H2,1H3,(H,19,20). The second-order valence-electron chi connectivity index (χ2n) is 5.32. The van der Waals surface area contributed by atoms with Gasteiger partial charge in [-0.25, -0.2) is 0 Å². The summed E-state index contributed by atoms with van der Waals surface area (Å²) in [5.41, 5.74) is -0.0151. The van der Waals surface area contributed by atoms with Crippen LogP contribution in [0.25, 0.3) is 0 Å². The average Bonchev–Trinajstić information content (AvgIpc) is 2.50. The van der Waals surface area contributed by atoms with Crippen LogP contribution in [0.1, 0.15) is 12.8 Å². The Hall–Kier alpha value is -1.73. The second-order valence-corrected chi connectivity index (χ2v) is 5.32. The second kappa shape index (κ2) is 7.51. The highest BCUT2D eigenvalue weighted by atomic mass is 19.3. The van der Waals surface area contributed by atoms with Crippen molar-refractivity contribution in [1.29, 1.82) is 0 Å². The number of alkyl halides is 2. The molecule has 1 aliphatic heterocycles. The van der Waals surface area contributed by atoms with Gasteiger partial charge in [0.05, 0.1) is 12.0 Å². The summed E-state index contributed by atoms with van der Waals surface area (Å²) >= 11 is 0. The van der Waals surface area contributed by atoms with Crippen LogP contribution in [0.4, 0.5) is 14.5 Å². The number of ether oxygens (including phenoxy) is 2. The number of piperidine rings is 1. The van der Waals surface area contributed by atoms with Crippen LogP contribution in [0.5, 0.6) is 5.75 Å². The summed E-state index contributed by atoms with van der Waals surface area (Å²) < 4.78 is 33.7. The first-order valence-electron chi connectivity index (χ1n) is 7.12. The van der Waals surface area contributed by atoms with Gasteiger partial charge in [-0.15, -0.1) is 0 Å². The fourth-order valence-electron chi connectivity index (χ4n) is 2.60. The van der Waals surface area contributed by atoms with Crippen molar-refractivity contribution in [3.8, 4) is 5.75 Å². The predicted molar refractivity (Wildman–Crippen MR) is 78.1 cm³/mol. The number of rotatable bonds is 6. The van der Waals surface area contributed by atoms with Crippen LogP contribution in [0.2, 0.25) is 0 Å². The zero-order valence-corrected chi connectivity index (χ0v) is 12.4. The molecule has 1 fully saturated rings. The highest BCUT2D eigenvalue weighted by Gasteiger charge is 2.39. The monoisotopic (exact) mass is 314 g/mol. The molecule has 2 rings (SSSR count). The van der Waals surface area contributed by atoms with E-state index in [0.717, 1.165) is 13.1 Å². The third-order valence-electron chi connectivity index (χ3n) is 3.80. The molecule has 1 amide bonds. The molecule has 0 unspecified atom stereocenters. The molecule has 0 aliphatic carbocycles. The van der Waals surface area contributed by atoms with Gasteiger partial charge < -0.3 is 20.1 Å². The van der Waals surface area contributed by atoms with Gasteiger partial charge in [0.1, 0.15) is 5.75 Å². The van der Waals surface area contributed by atoms with E-state index in [9.17, 15) is 13.6 Å². The number of anilines is 1. The van der Waals surface area contributed by atoms with E-state index < -0.39 is 12.0 Å². The lowest BCUT2D eigenvalue weighted by Gasteiger charge is -2.35. The zero-order chi connectivity index (χ0) is 16.0. The van der Waals surface area contributed by atoms with Crippen molar-refractivity contribution in [2.45, 2.75) is 19.5 Å². The van der Waals surface area contributed by atoms with Crippen molar-refractivity contribution < 1.29 is 23.0 Å². The first kappa shape index (κ1) is 16.6. The summed E-state index contributed by atoms with van der Waals surface area (Å²) in [4.78, 5) is 12.6. The number of nitrogens with one attached hydrogen (secondary N) is 2. The molecule has 1 heterocycles. The smallest absolute Gasteiger partial charge is 0.387 e. The maximum absolute atomic E-state index is 12.6. The molecule has 1 aliphatic rings. The van der Waals surface area contributed by atoms with Crippen LogP contribution in [0.15, 0.2) is 24.3 Å². The van der Waals surface area contributed by atoms with E-state index in [1.165, 1.54) is 24.3 Å². The summed E-state index contributed by atoms with van der Waals surface area (Å²) in [6.07, 6.45) is 1.39. The molecule has 0 atom stereocenters. The Morgan fingerprint density at radius 2 is 1.95 bits per heavy atom. The van der Waals surface area contributed by atoms with E-state index in [4.69, 9.17) is 4.74 Å². The first-order valence-corrected chi connectivity index (χ1v) is 7.12. The van der Waals surface area contributed by atoms with Gasteiger partial charge in [-0.2, -0.15) is 8.78 Å². The summed E-state index contributed by atoms with van der Waals surface area (Å²) in [6.45, 7) is -0.983. The maximum atomic E-state index is 12.6. The Bertz CT molecular complexity index is 483. The van der Waals surface area contributed by atoms with Crippen LogP contribution >= 0.6 is 0 Å². The van der Waals surface area contributed by atoms with E-state index in [2.05, 4.69) is 15.4 Å². The van der Waals surface area contributed by atoms with Gasteiger partial charge in [0.2, 0.25) is 5.91 Å². The molecule has 7 heteroatoms. The van der Waals surface area contributed by atoms with Gasteiger partial charge in [0.25, 0.3) is 0 Å². The lowest BCUT2D eigenvalue weighted by atomic mass is 9.78. The maximum Gasteiger partial charge on any atom is 0.387 e. The van der Waals surface area contributed by atoms with Gasteiger partial charge in [0.15, 0.2) is 0 Å². The number of carbonyl (C=O) groups is 1. The summed E-state index contributed by atoms with van der Waals surface area (Å²) in [5, 5.41) is 6.05. The minimum absolute atomic E-state index is 0.0569. The molecule has 5 nitrogen and oxygen atoms in total. The molecule has 1 saturated heterocycles. The minimum atomic E-state index is -2.86. The minimum Gasteiger partial charge on any atom is -0.435 e. The van der Waals surface area contributed by atoms with Crippen LogP contribution < -0.4 is 15.4 Å². The molecule has 0 spiro atoms. The van der Waals surface area contributed by atoms with Crippen molar-refractivity contribution >= 4 is 11.6 Å². The van der Waals surface area contributed by atoms with Gasteiger partial charge in [-0.3, -0.25) is 4.79 Å². The Morgan fingerprint density at radius 3 is 2.50 bits per heavy atom. The number of methoxy groups -OCH3 is 1. The number of amides is 1. The highest BCUT2D eigenvalue weighted by Crippen LogP contribution is 2.31. The molecular formula is C15H20F2N2O3. The van der Waals surface area contributed by atoms with E-state index in [-0.39, 0.29) is 11.7 Å². The lowest BCUT2D eigenvalue weighted by molar-refractivity contribution is -0.130. The Labute approximate surface area is 128 Å². The van der Waals surface area contributed by atoms with Gasteiger partial charge in [-0.1, -0.05) is 0 Å². The Kier molecular flexibility index (Phi) is 5.68. The number of halogens is 2. The van der Waals surface area contributed by atoms with Crippen LogP contribution in [0.3, 0.4) is 0 Å². The van der Waals surface area contributed by atoms with Crippen LogP contribution in [-0.4, -0.2) is 39.3 Å². The highest BCUT2D eigenvalue weighted by molar-refractivity contribution is 5.95. The molecule has 0 radical (unpaired) electrons. The predicted octanol–water partition coefficient (Wildman–Crippen LogP) is 2.24. The van der Waals surface area contributed by atoms with Gasteiger partial charge in [-0.05, 0) is 50.2 Å². The molecule has 1 aromatic rings. The van der Waals surface area contributed by atoms with E-state index in [0.29, 0.717) is 25.1 Å². The quantitative estimate of drug-likeness (QED) is 0.845. The molecule has 122 valence electrons. The van der Waals surface area contributed by atoms with E-state index in [1.807, 2.05) is 0 Å². The number of benzene rings is 1. The summed E-state index contributed by atoms with van der Waals surface area (Å²) in [5.74, 6) is -0.0557.